The third-order valence-electron chi connectivity index (χ3n) is 5.69. The van der Waals surface area contributed by atoms with Gasteiger partial charge in [-0.15, -0.1) is 0 Å². The molecule has 4 aromatic rings. The Hall–Kier alpha value is -3.78. The Labute approximate surface area is 218 Å². The summed E-state index contributed by atoms with van der Waals surface area (Å²) in [5.41, 5.74) is 1.52. The van der Waals surface area contributed by atoms with Crippen molar-refractivity contribution in [1.82, 2.24) is 10.3 Å². The molecule has 0 bridgehead atoms. The van der Waals surface area contributed by atoms with Crippen molar-refractivity contribution in [2.24, 2.45) is 0 Å². The van der Waals surface area contributed by atoms with E-state index in [2.05, 4.69) is 10.3 Å². The van der Waals surface area contributed by atoms with Gasteiger partial charge in [-0.3, -0.25) is 0 Å². The number of halogens is 1. The van der Waals surface area contributed by atoms with Crippen LogP contribution in [0.3, 0.4) is 0 Å². The zero-order valence-electron chi connectivity index (χ0n) is 21.1. The number of rotatable bonds is 7. The maximum Gasteiger partial charge on any atom is 0.408 e. The van der Waals surface area contributed by atoms with E-state index in [1.807, 2.05) is 31.2 Å². The molecule has 0 saturated carbocycles. The molecule has 2 aromatic heterocycles. The molecule has 1 amide bonds. The molecule has 8 nitrogen and oxygen atoms in total. The fourth-order valence-corrected chi connectivity index (χ4v) is 4.33. The minimum absolute atomic E-state index is 0.0193. The van der Waals surface area contributed by atoms with Crippen LogP contribution in [0.15, 0.2) is 57.9 Å². The number of hydrogen-bond acceptors (Lipinski definition) is 6. The van der Waals surface area contributed by atoms with Crippen LogP contribution in [0.25, 0.3) is 21.9 Å². The molecule has 1 atom stereocenters. The second-order valence-electron chi connectivity index (χ2n) is 9.80. The smallest absolute Gasteiger partial charge is 0.408 e. The lowest BCUT2D eigenvalue weighted by atomic mass is 10.0. The Bertz CT molecular complexity index is 1510. The van der Waals surface area contributed by atoms with Gasteiger partial charge in [-0.05, 0) is 50.5 Å². The van der Waals surface area contributed by atoms with Crippen LogP contribution in [0.4, 0.5) is 4.79 Å². The first kappa shape index (κ1) is 26.3. The third kappa shape index (κ3) is 6.32. The van der Waals surface area contributed by atoms with Crippen molar-refractivity contribution in [3.63, 3.8) is 0 Å². The van der Waals surface area contributed by atoms with Crippen LogP contribution < -0.4 is 15.7 Å². The fourth-order valence-electron chi connectivity index (χ4n) is 4.13. The van der Waals surface area contributed by atoms with Gasteiger partial charge in [0.2, 0.25) is 0 Å². The Morgan fingerprint density at radius 1 is 1.11 bits per heavy atom. The minimum Gasteiger partial charge on any atom is -0.444 e. The number of nitrogens with one attached hydrogen (secondary N) is 2. The molecule has 2 heterocycles. The molecular weight excluding hydrogens is 496 g/mol. The number of esters is 1. The number of fused-ring (bicyclic) bond motifs is 2. The summed E-state index contributed by atoms with van der Waals surface area (Å²) in [6, 6.07) is 11.0. The minimum atomic E-state index is -1.08. The molecule has 0 spiro atoms. The lowest BCUT2D eigenvalue weighted by Gasteiger charge is -2.23. The maximum absolute atomic E-state index is 13.3. The Kier molecular flexibility index (Phi) is 7.59. The standard InChI is InChI=1S/C28H29ClN2O6/c1-5-8-16-12-25(32)35-23-14-24(20(29)13-19(16)23)36-26(33)22(31-27(34)37-28(2,3)4)11-17-15-30-21-10-7-6-9-18(17)21/h6-7,9-10,12-15,22,30H,5,8,11H2,1-4H3,(H,31,34). The van der Waals surface area contributed by atoms with Gasteiger partial charge in [0.15, 0.2) is 5.75 Å². The van der Waals surface area contributed by atoms with E-state index in [0.717, 1.165) is 28.5 Å². The predicted octanol–water partition coefficient (Wildman–Crippen LogP) is 5.92. The average molecular weight is 525 g/mol. The van der Waals surface area contributed by atoms with Gasteiger partial charge in [0.1, 0.15) is 17.2 Å². The molecule has 4 rings (SSSR count). The number of H-pyrrole nitrogens is 1. The lowest BCUT2D eigenvalue weighted by molar-refractivity contribution is -0.136. The van der Waals surface area contributed by atoms with Gasteiger partial charge in [-0.25, -0.2) is 14.4 Å². The highest BCUT2D eigenvalue weighted by molar-refractivity contribution is 6.33. The number of carbonyl (C=O) groups is 2. The molecule has 0 aliphatic rings. The second-order valence-corrected chi connectivity index (χ2v) is 10.2. The maximum atomic E-state index is 13.3. The first-order chi connectivity index (χ1) is 17.5. The van der Waals surface area contributed by atoms with Crippen molar-refractivity contribution < 1.29 is 23.5 Å². The summed E-state index contributed by atoms with van der Waals surface area (Å²) in [6.45, 7) is 7.20. The number of ether oxygens (including phenoxy) is 2. The van der Waals surface area contributed by atoms with E-state index in [1.165, 1.54) is 12.1 Å². The Morgan fingerprint density at radius 2 is 1.86 bits per heavy atom. The normalized spacial score (nSPS) is 12.5. The van der Waals surface area contributed by atoms with Gasteiger partial charge in [-0.2, -0.15) is 0 Å². The van der Waals surface area contributed by atoms with Crippen molar-refractivity contribution in [2.75, 3.05) is 0 Å². The van der Waals surface area contributed by atoms with Crippen LogP contribution in [0.2, 0.25) is 5.02 Å². The summed E-state index contributed by atoms with van der Waals surface area (Å²) in [7, 11) is 0. The molecule has 0 aliphatic carbocycles. The highest BCUT2D eigenvalue weighted by Crippen LogP contribution is 2.32. The summed E-state index contributed by atoms with van der Waals surface area (Å²) < 4.78 is 16.3. The zero-order valence-corrected chi connectivity index (χ0v) is 21.9. The summed E-state index contributed by atoms with van der Waals surface area (Å²) in [5.74, 6) is -0.727. The zero-order chi connectivity index (χ0) is 26.7. The van der Waals surface area contributed by atoms with Crippen LogP contribution in [-0.2, 0) is 22.4 Å². The Balaban J connectivity index is 1.65. The number of aromatic amines is 1. The van der Waals surface area contributed by atoms with E-state index < -0.39 is 29.3 Å². The summed E-state index contributed by atoms with van der Waals surface area (Å²) in [4.78, 5) is 41.1. The van der Waals surface area contributed by atoms with E-state index in [4.69, 9.17) is 25.5 Å². The van der Waals surface area contributed by atoms with Crippen molar-refractivity contribution in [2.45, 2.75) is 58.6 Å². The number of aromatic nitrogens is 1. The molecule has 2 N–H and O–H groups in total. The van der Waals surface area contributed by atoms with E-state index in [1.54, 1.807) is 33.0 Å². The van der Waals surface area contributed by atoms with Crippen molar-refractivity contribution in [3.8, 4) is 5.75 Å². The summed E-state index contributed by atoms with van der Waals surface area (Å²) in [5, 5.41) is 4.39. The number of alkyl carbamates (subject to hydrolysis) is 1. The predicted molar refractivity (Wildman–Crippen MR) is 142 cm³/mol. The van der Waals surface area contributed by atoms with Gasteiger partial charge in [-0.1, -0.05) is 43.1 Å². The van der Waals surface area contributed by atoms with Crippen molar-refractivity contribution in [3.05, 3.63) is 75.2 Å². The van der Waals surface area contributed by atoms with Gasteiger partial charge >= 0.3 is 17.7 Å². The summed E-state index contributed by atoms with van der Waals surface area (Å²) >= 11 is 6.46. The van der Waals surface area contributed by atoms with Crippen LogP contribution in [0.1, 0.15) is 45.2 Å². The highest BCUT2D eigenvalue weighted by Gasteiger charge is 2.28. The lowest BCUT2D eigenvalue weighted by Crippen LogP contribution is -2.46. The number of para-hydroxylation sites is 1. The van der Waals surface area contributed by atoms with E-state index in [9.17, 15) is 14.4 Å². The molecule has 194 valence electrons. The van der Waals surface area contributed by atoms with Crippen LogP contribution in [-0.4, -0.2) is 28.7 Å². The van der Waals surface area contributed by atoms with Crippen LogP contribution >= 0.6 is 11.6 Å². The van der Waals surface area contributed by atoms with Crippen molar-refractivity contribution >= 4 is 45.5 Å². The van der Waals surface area contributed by atoms with Gasteiger partial charge in [0.25, 0.3) is 0 Å². The first-order valence-electron chi connectivity index (χ1n) is 12.1. The van der Waals surface area contributed by atoms with Crippen LogP contribution in [0.5, 0.6) is 5.75 Å². The number of carbonyl (C=O) groups excluding carboxylic acids is 2. The van der Waals surface area contributed by atoms with E-state index in [0.29, 0.717) is 11.8 Å². The molecule has 0 radical (unpaired) electrons. The number of amides is 1. The number of hydrogen-bond donors (Lipinski definition) is 2. The monoisotopic (exact) mass is 524 g/mol. The van der Waals surface area contributed by atoms with E-state index in [-0.39, 0.29) is 22.8 Å². The van der Waals surface area contributed by atoms with Crippen molar-refractivity contribution in [1.29, 1.82) is 0 Å². The van der Waals surface area contributed by atoms with Gasteiger partial charge < -0.3 is 24.2 Å². The Morgan fingerprint density at radius 3 is 2.59 bits per heavy atom. The first-order valence-corrected chi connectivity index (χ1v) is 12.4. The molecule has 2 aromatic carbocycles. The number of aryl methyl sites for hydroxylation is 1. The molecule has 0 saturated heterocycles. The molecule has 0 fully saturated rings. The molecular formula is C28H29ClN2O6. The van der Waals surface area contributed by atoms with E-state index >= 15 is 0 Å². The highest BCUT2D eigenvalue weighted by atomic mass is 35.5. The SMILES string of the molecule is CCCc1cc(=O)oc2cc(OC(=O)C(Cc3c[nH]c4ccccc34)NC(=O)OC(C)(C)C)c(Cl)cc12. The second kappa shape index (κ2) is 10.7. The summed E-state index contributed by atoms with van der Waals surface area (Å²) in [6.07, 6.45) is 2.68. The number of benzene rings is 2. The van der Waals surface area contributed by atoms with Gasteiger partial charge in [0, 0.05) is 41.0 Å². The molecule has 1 unspecified atom stereocenters. The quantitative estimate of drug-likeness (QED) is 0.176. The molecule has 0 aliphatic heterocycles. The molecule has 9 heteroatoms. The topological polar surface area (TPSA) is 111 Å². The van der Waals surface area contributed by atoms with Crippen LogP contribution in [0, 0.1) is 0 Å². The average Bonchev–Trinajstić information content (AvgIpc) is 3.21. The molecule has 37 heavy (non-hydrogen) atoms. The van der Waals surface area contributed by atoms with Gasteiger partial charge in [0.05, 0.1) is 5.02 Å². The third-order valence-corrected chi connectivity index (χ3v) is 5.98. The fraction of sp³-hybridized carbons (Fsp3) is 0.321. The largest absolute Gasteiger partial charge is 0.444 e.